The molecule has 1 N–H and O–H groups in total. The Hall–Kier alpha value is -2.25. The Morgan fingerprint density at radius 2 is 1.86 bits per heavy atom. The molecule has 148 valence electrons. The summed E-state index contributed by atoms with van der Waals surface area (Å²) in [6.07, 6.45) is -3.45. The van der Waals surface area contributed by atoms with Crippen LogP contribution in [0.4, 0.5) is 18.9 Å². The Labute approximate surface area is 169 Å². The zero-order chi connectivity index (χ0) is 20.8. The van der Waals surface area contributed by atoms with Crippen LogP contribution in [0.1, 0.15) is 39.8 Å². The molecule has 0 aliphatic heterocycles. The number of anilines is 1. The molecule has 3 rings (SSSR count). The van der Waals surface area contributed by atoms with E-state index in [-0.39, 0.29) is 16.4 Å². The number of fused-ring (bicyclic) bond motifs is 1. The van der Waals surface area contributed by atoms with Gasteiger partial charge in [0.15, 0.2) is 5.65 Å². The van der Waals surface area contributed by atoms with Crippen molar-refractivity contribution >= 4 is 40.4 Å². The van der Waals surface area contributed by atoms with Gasteiger partial charge in [-0.2, -0.15) is 13.2 Å². The SMILES string of the molecule is CCc1nc2c(Cl)cc(C(F)(F)F)cn2c1C(=O)Nc1c(C)cc(C)cc1Cl. The number of alkyl halides is 3. The number of amides is 1. The standard InChI is InChI=1S/C19H16Cl2F3N3O/c1-4-14-16(18(28)26-15-10(3)5-9(2)6-12(15)20)27-8-11(19(22,23)24)7-13(21)17(27)25-14/h5-8H,4H2,1-3H3,(H,26,28). The van der Waals surface area contributed by atoms with Crippen LogP contribution in [0.25, 0.3) is 5.65 Å². The van der Waals surface area contributed by atoms with Gasteiger partial charge < -0.3 is 5.32 Å². The van der Waals surface area contributed by atoms with E-state index in [2.05, 4.69) is 10.3 Å². The highest BCUT2D eigenvalue weighted by Gasteiger charge is 2.33. The van der Waals surface area contributed by atoms with E-state index >= 15 is 0 Å². The lowest BCUT2D eigenvalue weighted by Gasteiger charge is -2.13. The van der Waals surface area contributed by atoms with E-state index in [9.17, 15) is 18.0 Å². The third-order valence-electron chi connectivity index (χ3n) is 4.29. The maximum absolute atomic E-state index is 13.2. The lowest BCUT2D eigenvalue weighted by atomic mass is 10.1. The molecule has 0 unspecified atom stereocenters. The first-order valence-corrected chi connectivity index (χ1v) is 9.14. The molecular formula is C19H16Cl2F3N3O. The molecular weight excluding hydrogens is 414 g/mol. The summed E-state index contributed by atoms with van der Waals surface area (Å²) in [6.45, 7) is 5.40. The van der Waals surface area contributed by atoms with E-state index in [1.807, 2.05) is 13.0 Å². The number of carbonyl (C=O) groups excluding carboxylic acids is 1. The van der Waals surface area contributed by atoms with E-state index < -0.39 is 17.6 Å². The van der Waals surface area contributed by atoms with Crippen LogP contribution < -0.4 is 5.32 Å². The minimum atomic E-state index is -4.61. The second-order valence-corrected chi connectivity index (χ2v) is 7.24. The van der Waals surface area contributed by atoms with Gasteiger partial charge in [-0.25, -0.2) is 4.98 Å². The number of halogens is 5. The summed E-state index contributed by atoms with van der Waals surface area (Å²) in [7, 11) is 0. The zero-order valence-electron chi connectivity index (χ0n) is 15.2. The molecule has 9 heteroatoms. The number of benzene rings is 1. The van der Waals surface area contributed by atoms with E-state index in [0.29, 0.717) is 22.8 Å². The maximum atomic E-state index is 13.2. The van der Waals surface area contributed by atoms with Crippen molar-refractivity contribution < 1.29 is 18.0 Å². The van der Waals surface area contributed by atoms with E-state index in [1.54, 1.807) is 19.9 Å². The van der Waals surface area contributed by atoms with Crippen molar-refractivity contribution in [2.75, 3.05) is 5.32 Å². The molecule has 0 saturated carbocycles. The number of carbonyl (C=O) groups is 1. The van der Waals surface area contributed by atoms with Crippen molar-refractivity contribution in [3.05, 3.63) is 62.5 Å². The predicted molar refractivity (Wildman–Crippen MR) is 103 cm³/mol. The molecule has 3 aromatic rings. The number of imidazole rings is 1. The van der Waals surface area contributed by atoms with Crippen molar-refractivity contribution in [2.45, 2.75) is 33.4 Å². The highest BCUT2D eigenvalue weighted by Crippen LogP contribution is 2.34. The number of pyridine rings is 1. The molecule has 0 aliphatic rings. The molecule has 28 heavy (non-hydrogen) atoms. The number of hydrogen-bond donors (Lipinski definition) is 1. The van der Waals surface area contributed by atoms with Crippen LogP contribution in [-0.2, 0) is 12.6 Å². The largest absolute Gasteiger partial charge is 0.417 e. The number of nitrogens with zero attached hydrogens (tertiary/aromatic N) is 2. The van der Waals surface area contributed by atoms with Gasteiger partial charge in [-0.15, -0.1) is 0 Å². The van der Waals surface area contributed by atoms with Crippen molar-refractivity contribution in [1.29, 1.82) is 0 Å². The van der Waals surface area contributed by atoms with E-state index in [4.69, 9.17) is 23.2 Å². The molecule has 4 nitrogen and oxygen atoms in total. The second-order valence-electron chi connectivity index (χ2n) is 6.42. The highest BCUT2D eigenvalue weighted by molar-refractivity contribution is 6.34. The van der Waals surface area contributed by atoms with Crippen LogP contribution >= 0.6 is 23.2 Å². The van der Waals surface area contributed by atoms with Crippen molar-refractivity contribution in [1.82, 2.24) is 9.38 Å². The van der Waals surface area contributed by atoms with Crippen LogP contribution in [0.3, 0.4) is 0 Å². The molecule has 0 bridgehead atoms. The summed E-state index contributed by atoms with van der Waals surface area (Å²) < 4.78 is 40.7. The number of aromatic nitrogens is 2. The van der Waals surface area contributed by atoms with Gasteiger partial charge in [-0.1, -0.05) is 36.2 Å². The summed E-state index contributed by atoms with van der Waals surface area (Å²) in [6, 6.07) is 4.33. The van der Waals surface area contributed by atoms with Crippen molar-refractivity contribution in [2.24, 2.45) is 0 Å². The van der Waals surface area contributed by atoms with Gasteiger partial charge in [-0.3, -0.25) is 9.20 Å². The minimum absolute atomic E-state index is 0.0125. The average Bonchev–Trinajstić information content (AvgIpc) is 2.96. The Morgan fingerprint density at radius 1 is 1.18 bits per heavy atom. The lowest BCUT2D eigenvalue weighted by Crippen LogP contribution is -2.18. The fourth-order valence-electron chi connectivity index (χ4n) is 3.04. The predicted octanol–water partition coefficient (Wildman–Crippen LogP) is 6.09. The molecule has 1 amide bonds. The maximum Gasteiger partial charge on any atom is 0.417 e. The summed E-state index contributed by atoms with van der Waals surface area (Å²) in [5.74, 6) is -0.617. The fourth-order valence-corrected chi connectivity index (χ4v) is 3.66. The first kappa shape index (κ1) is 20.5. The smallest absolute Gasteiger partial charge is 0.319 e. The molecule has 0 aliphatic carbocycles. The van der Waals surface area contributed by atoms with Crippen molar-refractivity contribution in [3.8, 4) is 0 Å². The summed E-state index contributed by atoms with van der Waals surface area (Å²) in [4.78, 5) is 17.2. The first-order chi connectivity index (χ1) is 13.0. The number of rotatable bonds is 3. The Kier molecular flexibility index (Phi) is 5.34. The van der Waals surface area contributed by atoms with Crippen LogP contribution in [0.2, 0.25) is 10.0 Å². The van der Waals surface area contributed by atoms with Gasteiger partial charge in [0.25, 0.3) is 5.91 Å². The van der Waals surface area contributed by atoms with Crippen LogP contribution in [-0.4, -0.2) is 15.3 Å². The molecule has 0 saturated heterocycles. The van der Waals surface area contributed by atoms with E-state index in [0.717, 1.165) is 27.8 Å². The molecule has 0 fully saturated rings. The third kappa shape index (κ3) is 3.69. The molecule has 0 radical (unpaired) electrons. The molecule has 1 aromatic carbocycles. The van der Waals surface area contributed by atoms with Crippen LogP contribution in [0, 0.1) is 13.8 Å². The van der Waals surface area contributed by atoms with Gasteiger partial charge in [0.2, 0.25) is 0 Å². The Bertz CT molecular complexity index is 1070. The fraction of sp³-hybridized carbons (Fsp3) is 0.263. The number of hydrogen-bond acceptors (Lipinski definition) is 2. The highest BCUT2D eigenvalue weighted by atomic mass is 35.5. The average molecular weight is 430 g/mol. The summed E-state index contributed by atoms with van der Waals surface area (Å²) >= 11 is 12.2. The van der Waals surface area contributed by atoms with Crippen LogP contribution in [0.5, 0.6) is 0 Å². The van der Waals surface area contributed by atoms with Gasteiger partial charge in [0.1, 0.15) is 5.69 Å². The lowest BCUT2D eigenvalue weighted by molar-refractivity contribution is -0.137. The zero-order valence-corrected chi connectivity index (χ0v) is 16.7. The Balaban J connectivity index is 2.16. The molecule has 0 atom stereocenters. The van der Waals surface area contributed by atoms with Gasteiger partial charge in [0.05, 0.1) is 27.0 Å². The minimum Gasteiger partial charge on any atom is -0.319 e. The number of aryl methyl sites for hydroxylation is 3. The van der Waals surface area contributed by atoms with E-state index in [1.165, 1.54) is 0 Å². The third-order valence-corrected chi connectivity index (χ3v) is 4.87. The van der Waals surface area contributed by atoms with Gasteiger partial charge >= 0.3 is 6.18 Å². The summed E-state index contributed by atoms with van der Waals surface area (Å²) in [5.41, 5.74) is 1.49. The summed E-state index contributed by atoms with van der Waals surface area (Å²) in [5, 5.41) is 2.85. The topological polar surface area (TPSA) is 46.4 Å². The Morgan fingerprint density at radius 3 is 2.43 bits per heavy atom. The molecule has 2 aromatic heterocycles. The van der Waals surface area contributed by atoms with Gasteiger partial charge in [-0.05, 0) is 43.5 Å². The number of nitrogens with one attached hydrogen (secondary N) is 1. The normalized spacial score (nSPS) is 11.9. The first-order valence-electron chi connectivity index (χ1n) is 8.38. The van der Waals surface area contributed by atoms with Gasteiger partial charge in [0, 0.05) is 6.20 Å². The van der Waals surface area contributed by atoms with Crippen LogP contribution in [0.15, 0.2) is 24.4 Å². The van der Waals surface area contributed by atoms with Crippen molar-refractivity contribution in [3.63, 3.8) is 0 Å². The molecule has 2 heterocycles. The monoisotopic (exact) mass is 429 g/mol. The second kappa shape index (κ2) is 7.29. The molecule has 0 spiro atoms. The quantitative estimate of drug-likeness (QED) is 0.547.